The number of amides is 1. The van der Waals surface area contributed by atoms with Gasteiger partial charge in [-0.3, -0.25) is 9.32 Å². The number of aromatic nitrogens is 2. The first kappa shape index (κ1) is 23.9. The molecule has 13 heteroatoms. The van der Waals surface area contributed by atoms with Gasteiger partial charge in [-0.1, -0.05) is 0 Å². The molecule has 164 valence electrons. The van der Waals surface area contributed by atoms with Crippen LogP contribution >= 0.6 is 19.2 Å². The number of hydrogen-bond donors (Lipinski definition) is 5. The number of aliphatic hydroxyl groups is 1. The van der Waals surface area contributed by atoms with E-state index in [4.69, 9.17) is 19.9 Å². The van der Waals surface area contributed by atoms with E-state index in [0.29, 0.717) is 28.4 Å². The van der Waals surface area contributed by atoms with Crippen molar-refractivity contribution in [1.82, 2.24) is 14.9 Å². The first-order valence-corrected chi connectivity index (χ1v) is 11.0. The first-order chi connectivity index (χ1) is 14.1. The highest BCUT2D eigenvalue weighted by atomic mass is 32.1. The van der Waals surface area contributed by atoms with Gasteiger partial charge < -0.3 is 29.9 Å². The van der Waals surface area contributed by atoms with Gasteiger partial charge in [-0.05, 0) is 26.0 Å². The molecule has 0 atom stereocenters. The quantitative estimate of drug-likeness (QED) is 0.153. The summed E-state index contributed by atoms with van der Waals surface area (Å²) in [6, 6.07) is 3.16. The van der Waals surface area contributed by atoms with Gasteiger partial charge in [0.25, 0.3) is 0 Å². The van der Waals surface area contributed by atoms with E-state index in [1.165, 1.54) is 17.4 Å². The fraction of sp³-hybridized carbons (Fsp3) is 0.294. The number of phosphoric ester groups is 1. The Morgan fingerprint density at radius 3 is 2.77 bits per heavy atom. The largest absolute Gasteiger partial charge is 0.469 e. The van der Waals surface area contributed by atoms with E-state index in [1.54, 1.807) is 26.0 Å². The fourth-order valence-corrected chi connectivity index (χ4v) is 3.70. The number of furan rings is 1. The smallest absolute Gasteiger partial charge is 0.462 e. The van der Waals surface area contributed by atoms with Gasteiger partial charge in [-0.15, -0.1) is 11.4 Å². The molecule has 1 amide bonds. The molecule has 30 heavy (non-hydrogen) atoms. The summed E-state index contributed by atoms with van der Waals surface area (Å²) in [4.78, 5) is 39.5. The maximum Gasteiger partial charge on any atom is 0.469 e. The minimum Gasteiger partial charge on any atom is -0.462 e. The average Bonchev–Trinajstić information content (AvgIpc) is 3.20. The van der Waals surface area contributed by atoms with E-state index in [9.17, 15) is 14.5 Å². The van der Waals surface area contributed by atoms with Crippen molar-refractivity contribution in [1.29, 1.82) is 0 Å². The number of aliphatic hydroxyl groups excluding tert-OH is 1. The number of nitrogens with two attached hydrogens (primary N) is 1. The Morgan fingerprint density at radius 2 is 2.20 bits per heavy atom. The predicted octanol–water partition coefficient (Wildman–Crippen LogP) is 1.85. The maximum atomic E-state index is 11.7. The van der Waals surface area contributed by atoms with Gasteiger partial charge >= 0.3 is 7.82 Å². The maximum absolute atomic E-state index is 11.7. The number of nitrogen functional groups attached to an aromatic ring is 1. The lowest BCUT2D eigenvalue weighted by molar-refractivity contribution is -0.116. The Balaban J connectivity index is 2.36. The van der Waals surface area contributed by atoms with E-state index < -0.39 is 7.82 Å². The number of hydrogen-bond acceptors (Lipinski definition) is 7. The molecule has 0 saturated heterocycles. The Hall–Kier alpha value is -2.34. The molecule has 2 rings (SSSR count). The van der Waals surface area contributed by atoms with Crippen molar-refractivity contribution >= 4 is 36.5 Å². The second-order valence-electron chi connectivity index (χ2n) is 6.08. The van der Waals surface area contributed by atoms with Gasteiger partial charge in [-0.25, -0.2) is 14.5 Å². The van der Waals surface area contributed by atoms with Crippen LogP contribution < -0.4 is 5.73 Å². The SMILES string of the molecule is C/C(=C(CCOP(=O)(O)O)/[SH]=C(\O)c1ccco1)N(C=O)Cc1cnc(C)nc1N. The summed E-state index contributed by atoms with van der Waals surface area (Å²) in [5, 5.41) is 10.2. The summed E-state index contributed by atoms with van der Waals surface area (Å²) in [6.07, 6.45) is 3.53. The Kier molecular flexibility index (Phi) is 8.47. The monoisotopic (exact) mass is 458 g/mol. The second-order valence-corrected chi connectivity index (χ2v) is 8.51. The van der Waals surface area contributed by atoms with E-state index >= 15 is 0 Å². The lowest BCUT2D eigenvalue weighted by atomic mass is 10.2. The second kappa shape index (κ2) is 10.6. The zero-order chi connectivity index (χ0) is 22.3. The number of carbonyl (C=O) groups excluding carboxylic acids is 1. The molecule has 5 N–H and O–H groups in total. The molecule has 0 spiro atoms. The molecule has 0 aromatic carbocycles. The number of carbonyl (C=O) groups is 1. The minimum absolute atomic E-state index is 0.0352. The summed E-state index contributed by atoms with van der Waals surface area (Å²) in [5.74, 6) is 0.954. The third kappa shape index (κ3) is 7.17. The number of rotatable bonds is 10. The predicted molar refractivity (Wildman–Crippen MR) is 113 cm³/mol. The van der Waals surface area contributed by atoms with Crippen LogP contribution in [0.15, 0.2) is 39.6 Å². The van der Waals surface area contributed by atoms with Gasteiger partial charge in [-0.2, -0.15) is 0 Å². The standard InChI is InChI=1S/C17H23N4O7PS/c1-11(21(10-22)9-13-8-19-12(2)20-16(13)18)15(5-7-28-29(24,25)26)30-17(23)14-4-3-6-27-14/h3-4,6,8,10,23,30H,5,7,9H2,1-2H3,(H2,18,19,20)(H2,24,25,26)/b15-11-. The van der Waals surface area contributed by atoms with Crippen molar-refractivity contribution in [2.45, 2.75) is 26.8 Å². The molecular weight excluding hydrogens is 435 g/mol. The Bertz CT molecular complexity index is 988. The van der Waals surface area contributed by atoms with Crippen LogP contribution in [-0.4, -0.2) is 47.8 Å². The van der Waals surface area contributed by atoms with Crippen molar-refractivity contribution in [2.75, 3.05) is 12.3 Å². The summed E-state index contributed by atoms with van der Waals surface area (Å²) < 4.78 is 20.6. The van der Waals surface area contributed by atoms with Crippen LogP contribution in [0.3, 0.4) is 0 Å². The van der Waals surface area contributed by atoms with Crippen LogP contribution in [0.2, 0.25) is 0 Å². The van der Waals surface area contributed by atoms with E-state index in [1.807, 2.05) is 0 Å². The molecule has 0 aliphatic heterocycles. The summed E-state index contributed by atoms with van der Waals surface area (Å²) in [6.45, 7) is 3.07. The van der Waals surface area contributed by atoms with Crippen LogP contribution in [0, 0.1) is 6.92 Å². The lowest BCUT2D eigenvalue weighted by Crippen LogP contribution is -2.22. The number of phosphoric acid groups is 1. The van der Waals surface area contributed by atoms with Crippen molar-refractivity contribution in [3.8, 4) is 0 Å². The third-order valence-corrected chi connectivity index (χ3v) is 5.68. The fourth-order valence-electron chi connectivity index (χ4n) is 2.39. The van der Waals surface area contributed by atoms with E-state index in [0.717, 1.165) is 0 Å². The molecule has 11 nitrogen and oxygen atoms in total. The number of thiol groups is 1. The van der Waals surface area contributed by atoms with Crippen molar-refractivity contribution in [2.24, 2.45) is 0 Å². The summed E-state index contributed by atoms with van der Waals surface area (Å²) in [7, 11) is -4.66. The molecule has 2 aromatic rings. The Labute approximate surface area is 176 Å². The molecule has 0 aliphatic rings. The van der Waals surface area contributed by atoms with E-state index in [-0.39, 0.29) is 47.6 Å². The van der Waals surface area contributed by atoms with Gasteiger partial charge in [0.1, 0.15) is 16.7 Å². The average molecular weight is 458 g/mol. The van der Waals surface area contributed by atoms with Crippen LogP contribution in [0.5, 0.6) is 0 Å². The van der Waals surface area contributed by atoms with E-state index in [2.05, 4.69) is 14.5 Å². The zero-order valence-electron chi connectivity index (χ0n) is 16.3. The molecule has 0 fully saturated rings. The van der Waals surface area contributed by atoms with Crippen molar-refractivity contribution in [3.63, 3.8) is 0 Å². The van der Waals surface area contributed by atoms with Gasteiger partial charge in [0.05, 0.1) is 19.4 Å². The van der Waals surface area contributed by atoms with Gasteiger partial charge in [0, 0.05) is 28.8 Å². The van der Waals surface area contributed by atoms with Crippen LogP contribution in [0.1, 0.15) is 30.5 Å². The molecule has 0 radical (unpaired) electrons. The third-order valence-electron chi connectivity index (χ3n) is 3.92. The van der Waals surface area contributed by atoms with Gasteiger partial charge in [0.15, 0.2) is 5.76 Å². The molecule has 0 bridgehead atoms. The molecule has 2 heterocycles. The number of aryl methyl sites for hydroxylation is 1. The summed E-state index contributed by atoms with van der Waals surface area (Å²) in [5.41, 5.74) is 6.86. The number of anilines is 1. The molecule has 2 aromatic heterocycles. The van der Waals surface area contributed by atoms with Crippen LogP contribution in [0.4, 0.5) is 5.82 Å². The van der Waals surface area contributed by atoms with Crippen molar-refractivity contribution < 1.29 is 33.2 Å². The highest BCUT2D eigenvalue weighted by Crippen LogP contribution is 2.36. The molecule has 0 aliphatic carbocycles. The minimum atomic E-state index is -4.66. The van der Waals surface area contributed by atoms with Crippen LogP contribution in [-0.2, 0) is 20.4 Å². The molecular formula is C17H23N4O7PS. The first-order valence-electron chi connectivity index (χ1n) is 8.62. The summed E-state index contributed by atoms with van der Waals surface area (Å²) >= 11 is 0.282. The van der Waals surface area contributed by atoms with Gasteiger partial charge in [0.2, 0.25) is 6.41 Å². The topological polar surface area (TPSA) is 172 Å². The number of nitrogens with zero attached hydrogens (tertiary/aromatic N) is 3. The normalized spacial score (nSPS) is 13.4. The van der Waals surface area contributed by atoms with Crippen molar-refractivity contribution in [3.05, 3.63) is 52.3 Å². The molecule has 0 saturated carbocycles. The highest BCUT2D eigenvalue weighted by Gasteiger charge is 2.17. The van der Waals surface area contributed by atoms with Crippen LogP contribution in [0.25, 0.3) is 0 Å². The Morgan fingerprint density at radius 1 is 1.47 bits per heavy atom. The lowest BCUT2D eigenvalue weighted by Gasteiger charge is -2.22. The molecule has 0 unspecified atom stereocenters. The highest BCUT2D eigenvalue weighted by molar-refractivity contribution is 8.02. The number of allylic oxidation sites excluding steroid dienone is 1. The zero-order valence-corrected chi connectivity index (χ0v) is 18.1.